The van der Waals surface area contributed by atoms with Gasteiger partial charge >= 0.3 is 0 Å². The van der Waals surface area contributed by atoms with Crippen molar-refractivity contribution < 1.29 is 18.3 Å². The second-order valence-corrected chi connectivity index (χ2v) is 7.22. The van der Waals surface area contributed by atoms with Crippen molar-refractivity contribution in [1.82, 2.24) is 5.32 Å². The molecule has 1 aliphatic carbocycles. The quantitative estimate of drug-likeness (QED) is 0.911. The number of amides is 1. The van der Waals surface area contributed by atoms with E-state index < -0.39 is 11.2 Å². The lowest BCUT2D eigenvalue weighted by atomic mass is 9.52. The number of hydrogen-bond acceptors (Lipinski definition) is 2. The Hall–Kier alpha value is -1.65. The first kappa shape index (κ1) is 17.2. The standard InChI is InChI=1S/C19H25F2NO2/c1-4-19-11(2)5-6-13(9-22-12(3)23)14(19)10-24-18-16(21)8-7-15(20)17(18)19/h7-8,11,13-14H,4-6,9-10H2,1-3H3,(H,22,23)/t11?,13-,14-,19+/m0/s1. The van der Waals surface area contributed by atoms with E-state index in [0.29, 0.717) is 18.7 Å². The number of carbonyl (C=O) groups excluding carboxylic acids is 1. The molecule has 1 fully saturated rings. The fourth-order valence-electron chi connectivity index (χ4n) is 5.01. The molecular weight excluding hydrogens is 312 g/mol. The van der Waals surface area contributed by atoms with Crippen molar-refractivity contribution in [1.29, 1.82) is 0 Å². The van der Waals surface area contributed by atoms with Gasteiger partial charge in [0.1, 0.15) is 5.82 Å². The topological polar surface area (TPSA) is 38.3 Å². The zero-order valence-electron chi connectivity index (χ0n) is 14.5. The fraction of sp³-hybridized carbons (Fsp3) is 0.632. The van der Waals surface area contributed by atoms with E-state index in [2.05, 4.69) is 12.2 Å². The van der Waals surface area contributed by atoms with Crippen molar-refractivity contribution in [2.24, 2.45) is 17.8 Å². The number of carbonyl (C=O) groups is 1. The van der Waals surface area contributed by atoms with Gasteiger partial charge < -0.3 is 10.1 Å². The lowest BCUT2D eigenvalue weighted by molar-refractivity contribution is -0.119. The van der Waals surface area contributed by atoms with E-state index in [1.807, 2.05) is 6.92 Å². The minimum absolute atomic E-state index is 0.0647. The smallest absolute Gasteiger partial charge is 0.216 e. The summed E-state index contributed by atoms with van der Waals surface area (Å²) in [6.07, 6.45) is 2.62. The van der Waals surface area contributed by atoms with Crippen LogP contribution < -0.4 is 10.1 Å². The van der Waals surface area contributed by atoms with Crippen LogP contribution in [0.3, 0.4) is 0 Å². The Balaban J connectivity index is 2.08. The van der Waals surface area contributed by atoms with Crippen LogP contribution in [0.25, 0.3) is 0 Å². The maximum Gasteiger partial charge on any atom is 0.216 e. The summed E-state index contributed by atoms with van der Waals surface area (Å²) in [5, 5.41) is 2.89. The molecule has 0 spiro atoms. The molecule has 3 nitrogen and oxygen atoms in total. The first-order chi connectivity index (χ1) is 11.4. The van der Waals surface area contributed by atoms with Crippen LogP contribution in [-0.4, -0.2) is 19.1 Å². The van der Waals surface area contributed by atoms with Crippen LogP contribution in [0.5, 0.6) is 5.75 Å². The Kier molecular flexibility index (Phi) is 4.54. The van der Waals surface area contributed by atoms with Gasteiger partial charge in [0.15, 0.2) is 11.6 Å². The third-order valence-corrected chi connectivity index (χ3v) is 6.21. The first-order valence-electron chi connectivity index (χ1n) is 8.77. The Morgan fingerprint density at radius 2 is 2.04 bits per heavy atom. The first-order valence-corrected chi connectivity index (χ1v) is 8.77. The van der Waals surface area contributed by atoms with Crippen molar-refractivity contribution in [2.45, 2.75) is 45.4 Å². The van der Waals surface area contributed by atoms with E-state index in [4.69, 9.17) is 4.74 Å². The summed E-state index contributed by atoms with van der Waals surface area (Å²) in [5.74, 6) is -0.341. The second kappa shape index (κ2) is 6.34. The van der Waals surface area contributed by atoms with Gasteiger partial charge in [-0.1, -0.05) is 13.8 Å². The average molecular weight is 337 g/mol. The van der Waals surface area contributed by atoms with Crippen LogP contribution in [0.4, 0.5) is 8.78 Å². The van der Waals surface area contributed by atoms with E-state index in [9.17, 15) is 13.6 Å². The van der Waals surface area contributed by atoms with Gasteiger partial charge in [-0.25, -0.2) is 8.78 Å². The van der Waals surface area contributed by atoms with E-state index in [1.54, 1.807) is 0 Å². The summed E-state index contributed by atoms with van der Waals surface area (Å²) in [5.41, 5.74) is -0.0393. The molecule has 4 atom stereocenters. The highest BCUT2D eigenvalue weighted by Crippen LogP contribution is 2.57. The molecule has 1 aromatic carbocycles. The summed E-state index contributed by atoms with van der Waals surface area (Å²) < 4.78 is 34.7. The Morgan fingerprint density at radius 1 is 1.33 bits per heavy atom. The van der Waals surface area contributed by atoms with Crippen molar-refractivity contribution >= 4 is 5.91 Å². The Labute approximate surface area is 141 Å². The van der Waals surface area contributed by atoms with E-state index in [-0.39, 0.29) is 35.2 Å². The molecule has 5 heteroatoms. The van der Waals surface area contributed by atoms with Crippen molar-refractivity contribution in [3.8, 4) is 5.75 Å². The highest BCUT2D eigenvalue weighted by atomic mass is 19.1. The minimum atomic E-state index is -0.492. The van der Waals surface area contributed by atoms with E-state index in [1.165, 1.54) is 13.0 Å². The maximum absolute atomic E-state index is 14.8. The number of nitrogens with one attached hydrogen (secondary N) is 1. The number of hydrogen-bond donors (Lipinski definition) is 1. The molecule has 132 valence electrons. The number of benzene rings is 1. The molecule has 1 unspecified atom stereocenters. The van der Waals surface area contributed by atoms with Crippen LogP contribution in [0.2, 0.25) is 0 Å². The van der Waals surface area contributed by atoms with Gasteiger partial charge in [0, 0.05) is 30.4 Å². The number of fused-ring (bicyclic) bond motifs is 3. The lowest BCUT2D eigenvalue weighted by Gasteiger charge is -2.54. The highest BCUT2D eigenvalue weighted by Gasteiger charge is 2.54. The Bertz CT molecular complexity index is 648. The van der Waals surface area contributed by atoms with Gasteiger partial charge in [0.2, 0.25) is 5.91 Å². The molecule has 1 saturated carbocycles. The fourth-order valence-corrected chi connectivity index (χ4v) is 5.01. The molecule has 0 bridgehead atoms. The van der Waals surface area contributed by atoms with Gasteiger partial charge in [-0.15, -0.1) is 0 Å². The van der Waals surface area contributed by atoms with E-state index in [0.717, 1.165) is 25.3 Å². The molecule has 0 radical (unpaired) electrons. The van der Waals surface area contributed by atoms with Gasteiger partial charge in [0.05, 0.1) is 6.61 Å². The SMILES string of the molecule is CC[C@]12c3c(F)ccc(F)c3OC[C@H]1[C@H](CNC(C)=O)CCC2C. The van der Waals surface area contributed by atoms with Crippen LogP contribution in [0.15, 0.2) is 12.1 Å². The lowest BCUT2D eigenvalue weighted by Crippen LogP contribution is -2.55. The van der Waals surface area contributed by atoms with Crippen LogP contribution in [-0.2, 0) is 10.2 Å². The molecule has 0 saturated heterocycles. The van der Waals surface area contributed by atoms with Gasteiger partial charge in [-0.2, -0.15) is 0 Å². The normalized spacial score (nSPS) is 31.6. The molecular formula is C19H25F2NO2. The largest absolute Gasteiger partial charge is 0.490 e. The third-order valence-electron chi connectivity index (χ3n) is 6.21. The summed E-state index contributed by atoms with van der Waals surface area (Å²) >= 11 is 0. The predicted octanol–water partition coefficient (Wildman–Crippen LogP) is 3.80. The molecule has 3 rings (SSSR count). The average Bonchev–Trinajstić information content (AvgIpc) is 2.56. The van der Waals surface area contributed by atoms with Gasteiger partial charge in [-0.05, 0) is 43.2 Å². The van der Waals surface area contributed by atoms with E-state index >= 15 is 0 Å². The van der Waals surface area contributed by atoms with Crippen LogP contribution in [0, 0.1) is 29.4 Å². The number of rotatable bonds is 3. The third kappa shape index (κ3) is 2.49. The molecule has 1 N–H and O–H groups in total. The molecule has 2 aliphatic rings. The van der Waals surface area contributed by atoms with Gasteiger partial charge in [-0.3, -0.25) is 4.79 Å². The predicted molar refractivity (Wildman–Crippen MR) is 87.9 cm³/mol. The minimum Gasteiger partial charge on any atom is -0.490 e. The maximum atomic E-state index is 14.8. The van der Waals surface area contributed by atoms with Crippen molar-refractivity contribution in [2.75, 3.05) is 13.2 Å². The zero-order chi connectivity index (χ0) is 17.5. The summed E-state index contributed by atoms with van der Waals surface area (Å²) in [6, 6.07) is 2.35. The van der Waals surface area contributed by atoms with Gasteiger partial charge in [0.25, 0.3) is 0 Å². The zero-order valence-corrected chi connectivity index (χ0v) is 14.5. The summed E-state index contributed by atoms with van der Waals surface area (Å²) in [6.45, 7) is 6.61. The monoisotopic (exact) mass is 337 g/mol. The highest BCUT2D eigenvalue weighted by molar-refractivity contribution is 5.72. The van der Waals surface area contributed by atoms with Crippen molar-refractivity contribution in [3.05, 3.63) is 29.3 Å². The molecule has 0 aromatic heterocycles. The molecule has 1 aromatic rings. The Morgan fingerprint density at radius 3 is 2.71 bits per heavy atom. The number of ether oxygens (including phenoxy) is 1. The second-order valence-electron chi connectivity index (χ2n) is 7.22. The van der Waals surface area contributed by atoms with Crippen LogP contribution >= 0.6 is 0 Å². The molecule has 24 heavy (non-hydrogen) atoms. The summed E-state index contributed by atoms with van der Waals surface area (Å²) in [4.78, 5) is 11.3. The molecule has 1 amide bonds. The summed E-state index contributed by atoms with van der Waals surface area (Å²) in [7, 11) is 0. The number of halogens is 2. The molecule has 1 aliphatic heterocycles. The molecule has 1 heterocycles. The van der Waals surface area contributed by atoms with Crippen molar-refractivity contribution in [3.63, 3.8) is 0 Å². The van der Waals surface area contributed by atoms with Crippen LogP contribution in [0.1, 0.15) is 45.6 Å².